The first kappa shape index (κ1) is 18.9. The van der Waals surface area contributed by atoms with Gasteiger partial charge in [-0.15, -0.1) is 0 Å². The van der Waals surface area contributed by atoms with Gasteiger partial charge >= 0.3 is 5.69 Å². The Labute approximate surface area is 167 Å². The smallest absolute Gasteiger partial charge is 0.339 e. The van der Waals surface area contributed by atoms with Crippen molar-refractivity contribution < 1.29 is 9.59 Å². The van der Waals surface area contributed by atoms with Crippen LogP contribution in [0.1, 0.15) is 52.8 Å². The first-order chi connectivity index (χ1) is 14.0. The van der Waals surface area contributed by atoms with Crippen LogP contribution in [0.5, 0.6) is 0 Å². The van der Waals surface area contributed by atoms with Crippen molar-refractivity contribution in [1.82, 2.24) is 19.5 Å². The van der Waals surface area contributed by atoms with Crippen molar-refractivity contribution in [2.45, 2.75) is 38.1 Å². The highest BCUT2D eigenvalue weighted by Crippen LogP contribution is 2.23. The summed E-state index contributed by atoms with van der Waals surface area (Å²) in [6.45, 7) is 0. The molecule has 0 aliphatic heterocycles. The first-order valence-corrected chi connectivity index (χ1v) is 9.79. The van der Waals surface area contributed by atoms with Crippen LogP contribution in [0.15, 0.2) is 47.4 Å². The summed E-state index contributed by atoms with van der Waals surface area (Å²) in [6, 6.07) is 10.4. The predicted octanol–water partition coefficient (Wildman–Crippen LogP) is 2.68. The Morgan fingerprint density at radius 1 is 1.14 bits per heavy atom. The van der Waals surface area contributed by atoms with E-state index in [1.54, 1.807) is 42.6 Å². The number of aromatic amines is 1. The molecule has 2 N–H and O–H groups in total. The number of anilines is 1. The van der Waals surface area contributed by atoms with E-state index in [9.17, 15) is 14.4 Å². The van der Waals surface area contributed by atoms with E-state index >= 15 is 0 Å². The average molecular weight is 393 g/mol. The van der Waals surface area contributed by atoms with Crippen molar-refractivity contribution in [2.24, 2.45) is 0 Å². The molecule has 4 rings (SSSR count). The van der Waals surface area contributed by atoms with Crippen molar-refractivity contribution in [3.8, 4) is 0 Å². The van der Waals surface area contributed by atoms with Gasteiger partial charge in [-0.2, -0.15) is 5.10 Å². The molecule has 1 aliphatic carbocycles. The number of amides is 2. The van der Waals surface area contributed by atoms with Gasteiger partial charge in [-0.1, -0.05) is 19.3 Å². The van der Waals surface area contributed by atoms with E-state index in [4.69, 9.17) is 0 Å². The van der Waals surface area contributed by atoms with Gasteiger partial charge in [0.25, 0.3) is 11.8 Å². The summed E-state index contributed by atoms with van der Waals surface area (Å²) >= 11 is 0. The molecule has 1 saturated carbocycles. The van der Waals surface area contributed by atoms with Gasteiger partial charge in [0.2, 0.25) is 0 Å². The molecule has 2 heterocycles. The number of carbonyl (C=O) groups is 2. The minimum absolute atomic E-state index is 0.00422. The lowest BCUT2D eigenvalue weighted by molar-refractivity contribution is 0.0696. The summed E-state index contributed by atoms with van der Waals surface area (Å²) in [6.07, 6.45) is 7.23. The lowest BCUT2D eigenvalue weighted by atomic mass is 9.94. The molecule has 0 atom stereocenters. The van der Waals surface area contributed by atoms with E-state index in [0.29, 0.717) is 17.3 Å². The molecule has 3 aromatic rings. The number of pyridine rings is 1. The van der Waals surface area contributed by atoms with Crippen molar-refractivity contribution in [3.05, 3.63) is 64.2 Å². The second-order valence-corrected chi connectivity index (χ2v) is 7.38. The molecule has 0 radical (unpaired) electrons. The summed E-state index contributed by atoms with van der Waals surface area (Å²) in [5.74, 6) is -0.386. The Morgan fingerprint density at radius 3 is 2.59 bits per heavy atom. The molecule has 29 heavy (non-hydrogen) atoms. The maximum absolute atomic E-state index is 12.7. The fourth-order valence-corrected chi connectivity index (χ4v) is 3.84. The summed E-state index contributed by atoms with van der Waals surface area (Å²) in [7, 11) is 1.86. The minimum Gasteiger partial charge on any atom is -0.339 e. The predicted molar refractivity (Wildman–Crippen MR) is 109 cm³/mol. The Morgan fingerprint density at radius 2 is 1.86 bits per heavy atom. The van der Waals surface area contributed by atoms with Crippen molar-refractivity contribution >= 4 is 23.1 Å². The number of hydrogen-bond donors (Lipinski definition) is 2. The van der Waals surface area contributed by atoms with Crippen molar-refractivity contribution in [3.63, 3.8) is 0 Å². The van der Waals surface area contributed by atoms with Gasteiger partial charge in [0.15, 0.2) is 5.65 Å². The number of nitrogens with one attached hydrogen (secondary N) is 2. The van der Waals surface area contributed by atoms with Crippen LogP contribution in [0.4, 0.5) is 5.69 Å². The van der Waals surface area contributed by atoms with E-state index in [-0.39, 0.29) is 23.0 Å². The lowest BCUT2D eigenvalue weighted by Gasteiger charge is -2.31. The highest BCUT2D eigenvalue weighted by molar-refractivity contribution is 6.08. The maximum Gasteiger partial charge on any atom is 0.347 e. The largest absolute Gasteiger partial charge is 0.347 e. The number of H-pyrrole nitrogens is 1. The third-order valence-electron chi connectivity index (χ3n) is 5.52. The Hall–Kier alpha value is -3.42. The zero-order chi connectivity index (χ0) is 20.4. The number of benzene rings is 1. The number of nitrogens with zero attached hydrogens (tertiary/aromatic N) is 3. The van der Waals surface area contributed by atoms with Gasteiger partial charge in [0, 0.05) is 30.5 Å². The van der Waals surface area contributed by atoms with Crippen molar-refractivity contribution in [1.29, 1.82) is 0 Å². The molecule has 0 spiro atoms. The highest BCUT2D eigenvalue weighted by atomic mass is 16.2. The highest BCUT2D eigenvalue weighted by Gasteiger charge is 2.23. The van der Waals surface area contributed by atoms with Gasteiger partial charge in [-0.05, 0) is 49.2 Å². The quantitative estimate of drug-likeness (QED) is 0.712. The number of carbonyl (C=O) groups excluding carboxylic acids is 2. The zero-order valence-electron chi connectivity index (χ0n) is 16.2. The Balaban J connectivity index is 1.47. The van der Waals surface area contributed by atoms with Gasteiger partial charge in [-0.3, -0.25) is 9.59 Å². The molecule has 8 heteroatoms. The lowest BCUT2D eigenvalue weighted by Crippen LogP contribution is -2.38. The van der Waals surface area contributed by atoms with Gasteiger partial charge in [0.05, 0.1) is 5.56 Å². The number of aromatic nitrogens is 3. The van der Waals surface area contributed by atoms with Crippen LogP contribution >= 0.6 is 0 Å². The van der Waals surface area contributed by atoms with Crippen LogP contribution in [0.3, 0.4) is 0 Å². The van der Waals surface area contributed by atoms with E-state index in [2.05, 4.69) is 15.5 Å². The normalized spacial score (nSPS) is 14.7. The summed E-state index contributed by atoms with van der Waals surface area (Å²) in [4.78, 5) is 38.9. The van der Waals surface area contributed by atoms with Crippen molar-refractivity contribution in [2.75, 3.05) is 12.4 Å². The molecule has 0 bridgehead atoms. The Kier molecular flexibility index (Phi) is 5.16. The van der Waals surface area contributed by atoms with Crippen LogP contribution in [0, 0.1) is 0 Å². The third-order valence-corrected chi connectivity index (χ3v) is 5.52. The molecular weight excluding hydrogens is 370 g/mol. The average Bonchev–Trinajstić information content (AvgIpc) is 3.15. The molecule has 0 saturated heterocycles. The molecule has 2 aromatic heterocycles. The second kappa shape index (κ2) is 7.90. The fraction of sp³-hybridized carbons (Fsp3) is 0.333. The number of fused-ring (bicyclic) bond motifs is 1. The number of hydrogen-bond acceptors (Lipinski definition) is 4. The SMILES string of the molecule is CN(C(=O)c1ccc(NC(=O)c2cccn3c(=O)[nH]nc23)cc1)C1CCCCC1. The summed E-state index contributed by atoms with van der Waals surface area (Å²) in [5.41, 5.74) is 1.29. The van der Waals surface area contributed by atoms with Crippen LogP contribution in [-0.4, -0.2) is 44.4 Å². The standard InChI is InChI=1S/C21H23N5O3/c1-25(16-6-3-2-4-7-16)20(28)14-9-11-15(12-10-14)22-19(27)17-8-5-13-26-18(17)23-24-21(26)29/h5,8-13,16H,2-4,6-7H2,1H3,(H,22,27)(H,24,29). The minimum atomic E-state index is -0.403. The van der Waals surface area contributed by atoms with E-state index in [1.807, 2.05) is 11.9 Å². The van der Waals surface area contributed by atoms with Crippen LogP contribution < -0.4 is 11.0 Å². The number of rotatable bonds is 4. The molecule has 1 aromatic carbocycles. The maximum atomic E-state index is 12.7. The van der Waals surface area contributed by atoms with Gasteiger partial charge in [-0.25, -0.2) is 14.3 Å². The van der Waals surface area contributed by atoms with Crippen LogP contribution in [0.2, 0.25) is 0 Å². The molecule has 0 unspecified atom stereocenters. The fourth-order valence-electron chi connectivity index (χ4n) is 3.84. The second-order valence-electron chi connectivity index (χ2n) is 7.38. The molecule has 8 nitrogen and oxygen atoms in total. The summed E-state index contributed by atoms with van der Waals surface area (Å²) < 4.78 is 1.28. The van der Waals surface area contributed by atoms with E-state index in [0.717, 1.165) is 12.8 Å². The molecule has 150 valence electrons. The third kappa shape index (κ3) is 3.78. The molecule has 1 aliphatic rings. The topological polar surface area (TPSA) is 99.6 Å². The zero-order valence-corrected chi connectivity index (χ0v) is 16.2. The summed E-state index contributed by atoms with van der Waals surface area (Å²) in [5, 5.41) is 9.01. The van der Waals surface area contributed by atoms with Crippen LogP contribution in [0.25, 0.3) is 5.65 Å². The van der Waals surface area contributed by atoms with E-state index in [1.165, 1.54) is 23.7 Å². The molecule has 2 amide bonds. The molecular formula is C21H23N5O3. The van der Waals surface area contributed by atoms with Gasteiger partial charge in [0.1, 0.15) is 0 Å². The van der Waals surface area contributed by atoms with E-state index < -0.39 is 5.69 Å². The van der Waals surface area contributed by atoms with Crippen LogP contribution in [-0.2, 0) is 0 Å². The monoisotopic (exact) mass is 393 g/mol. The Bertz CT molecular complexity index is 1090. The first-order valence-electron chi connectivity index (χ1n) is 9.79. The van der Waals surface area contributed by atoms with Gasteiger partial charge < -0.3 is 10.2 Å². The molecule has 1 fully saturated rings.